The highest BCUT2D eigenvalue weighted by Crippen LogP contribution is 2.38. The van der Waals surface area contributed by atoms with E-state index >= 15 is 0 Å². The van der Waals surface area contributed by atoms with Gasteiger partial charge in [0.1, 0.15) is 12.2 Å². The summed E-state index contributed by atoms with van der Waals surface area (Å²) in [5.41, 5.74) is 1.05. The number of halogens is 4. The highest BCUT2D eigenvalue weighted by Gasteiger charge is 2.36. The van der Waals surface area contributed by atoms with Crippen molar-refractivity contribution in [1.29, 1.82) is 0 Å². The number of nitrogens with zero attached hydrogens (tertiary/aromatic N) is 1. The summed E-state index contributed by atoms with van der Waals surface area (Å²) in [5.74, 6) is -1.09. The Morgan fingerprint density at radius 1 is 0.865 bits per heavy atom. The largest absolute Gasteiger partial charge is 0.490 e. The van der Waals surface area contributed by atoms with Crippen molar-refractivity contribution in [3.63, 3.8) is 0 Å². The van der Waals surface area contributed by atoms with E-state index in [4.69, 9.17) is 55.9 Å². The van der Waals surface area contributed by atoms with Crippen LogP contribution < -0.4 is 19.7 Å². The molecule has 0 aliphatic carbocycles. The fourth-order valence-electron chi connectivity index (χ4n) is 3.51. The molecule has 1 heterocycles. The van der Waals surface area contributed by atoms with Crippen LogP contribution in [-0.2, 0) is 16.2 Å². The third-order valence-corrected chi connectivity index (χ3v) is 6.34. The normalized spacial score (nSPS) is 14.7. The quantitative estimate of drug-likeness (QED) is 0.242. The Morgan fingerprint density at radius 2 is 1.57 bits per heavy atom. The molecule has 1 saturated heterocycles. The number of rotatable bonds is 7. The Kier molecular flexibility index (Phi) is 8.29. The van der Waals surface area contributed by atoms with Crippen molar-refractivity contribution in [2.45, 2.75) is 13.5 Å². The number of benzene rings is 3. The topological polar surface area (TPSA) is 84.9 Å². The molecule has 1 aliphatic heterocycles. The maximum absolute atomic E-state index is 13.1. The minimum Gasteiger partial charge on any atom is -0.490 e. The lowest BCUT2D eigenvalue weighted by Gasteiger charge is -2.26. The monoisotopic (exact) mass is 578 g/mol. The van der Waals surface area contributed by atoms with Gasteiger partial charge in [-0.1, -0.05) is 52.5 Å². The van der Waals surface area contributed by atoms with Crippen LogP contribution in [-0.4, -0.2) is 24.5 Å². The molecule has 1 aliphatic rings. The van der Waals surface area contributed by atoms with Crippen molar-refractivity contribution in [1.82, 2.24) is 5.32 Å². The number of anilines is 1. The lowest BCUT2D eigenvalue weighted by atomic mass is 10.1. The van der Waals surface area contributed by atoms with Crippen molar-refractivity contribution in [2.75, 3.05) is 11.5 Å². The number of carbonyl (C=O) groups excluding carboxylic acids is 3. The molecule has 190 valence electrons. The first-order valence-electron chi connectivity index (χ1n) is 10.9. The second kappa shape index (κ2) is 11.4. The van der Waals surface area contributed by atoms with Crippen molar-refractivity contribution in [2.24, 2.45) is 0 Å². The second-order valence-electron chi connectivity index (χ2n) is 7.72. The summed E-state index contributed by atoms with van der Waals surface area (Å²) >= 11 is 24.6. The van der Waals surface area contributed by atoms with Gasteiger partial charge in [-0.25, -0.2) is 9.69 Å². The average molecular weight is 580 g/mol. The van der Waals surface area contributed by atoms with Crippen LogP contribution in [0.15, 0.2) is 60.2 Å². The molecule has 0 atom stereocenters. The summed E-state index contributed by atoms with van der Waals surface area (Å²) in [4.78, 5) is 39.0. The van der Waals surface area contributed by atoms with Gasteiger partial charge in [0.25, 0.3) is 11.8 Å². The minimum absolute atomic E-state index is 0.0925. The summed E-state index contributed by atoms with van der Waals surface area (Å²) in [6, 6.07) is 13.3. The van der Waals surface area contributed by atoms with Gasteiger partial charge in [-0.3, -0.25) is 14.9 Å². The van der Waals surface area contributed by atoms with E-state index < -0.39 is 17.8 Å². The van der Waals surface area contributed by atoms with Crippen molar-refractivity contribution >= 4 is 76.0 Å². The number of hydrogen-bond acceptors (Lipinski definition) is 5. The van der Waals surface area contributed by atoms with Crippen LogP contribution in [0.25, 0.3) is 6.08 Å². The molecule has 3 aromatic carbocycles. The maximum atomic E-state index is 13.1. The first-order chi connectivity index (χ1) is 17.7. The molecule has 1 fully saturated rings. The smallest absolute Gasteiger partial charge is 0.335 e. The predicted molar refractivity (Wildman–Crippen MR) is 144 cm³/mol. The summed E-state index contributed by atoms with van der Waals surface area (Å²) in [5, 5.41) is 3.71. The third-order valence-electron chi connectivity index (χ3n) is 5.22. The van der Waals surface area contributed by atoms with Crippen molar-refractivity contribution in [3.8, 4) is 11.5 Å². The molecular weight excluding hydrogens is 562 g/mol. The number of urea groups is 1. The van der Waals surface area contributed by atoms with Gasteiger partial charge >= 0.3 is 6.03 Å². The summed E-state index contributed by atoms with van der Waals surface area (Å²) in [6.45, 7) is 2.18. The van der Waals surface area contributed by atoms with Crippen LogP contribution in [0.3, 0.4) is 0 Å². The summed E-state index contributed by atoms with van der Waals surface area (Å²) in [6.07, 6.45) is 1.32. The molecule has 1 N–H and O–H groups in total. The van der Waals surface area contributed by atoms with Gasteiger partial charge in [-0.2, -0.15) is 0 Å². The van der Waals surface area contributed by atoms with Crippen LogP contribution in [0.1, 0.15) is 18.1 Å². The third kappa shape index (κ3) is 6.02. The first kappa shape index (κ1) is 26.8. The number of ether oxygens (including phenoxy) is 2. The first-order valence-corrected chi connectivity index (χ1v) is 12.4. The number of amides is 4. The van der Waals surface area contributed by atoms with Crippen LogP contribution in [0.2, 0.25) is 20.1 Å². The highest BCUT2D eigenvalue weighted by atomic mass is 35.5. The molecule has 3 aromatic rings. The van der Waals surface area contributed by atoms with Crippen LogP contribution >= 0.6 is 46.4 Å². The van der Waals surface area contributed by atoms with Gasteiger partial charge in [0.2, 0.25) is 0 Å². The second-order valence-corrected chi connectivity index (χ2v) is 9.41. The zero-order chi connectivity index (χ0) is 26.7. The molecule has 0 unspecified atom stereocenters. The van der Waals surface area contributed by atoms with Crippen LogP contribution in [0.5, 0.6) is 11.5 Å². The molecule has 37 heavy (non-hydrogen) atoms. The van der Waals surface area contributed by atoms with Gasteiger partial charge in [0.05, 0.1) is 17.3 Å². The van der Waals surface area contributed by atoms with Crippen molar-refractivity contribution < 1.29 is 23.9 Å². The van der Waals surface area contributed by atoms with Gasteiger partial charge in [0.15, 0.2) is 11.5 Å². The van der Waals surface area contributed by atoms with E-state index in [1.165, 1.54) is 36.4 Å². The highest BCUT2D eigenvalue weighted by molar-refractivity contribution is 6.39. The maximum Gasteiger partial charge on any atom is 0.335 e. The SMILES string of the molecule is CCOc1cc(/C=C2\C(=O)NC(=O)N(c3ccc(Cl)cc3)C2=O)cc(Cl)c1OCc1ccc(Cl)cc1Cl. The van der Waals surface area contributed by atoms with Crippen LogP contribution in [0, 0.1) is 0 Å². The van der Waals surface area contributed by atoms with E-state index in [1.807, 2.05) is 0 Å². The Bertz CT molecular complexity index is 1420. The minimum atomic E-state index is -0.868. The number of barbiturate groups is 1. The molecule has 0 spiro atoms. The zero-order valence-corrected chi connectivity index (χ0v) is 22.2. The molecule has 0 aromatic heterocycles. The predicted octanol–water partition coefficient (Wildman–Crippen LogP) is 6.94. The number of hydrogen-bond donors (Lipinski definition) is 1. The number of imide groups is 2. The molecule has 0 saturated carbocycles. The number of carbonyl (C=O) groups is 3. The molecule has 4 rings (SSSR count). The molecule has 0 bridgehead atoms. The Labute approximate surface area is 232 Å². The van der Waals surface area contributed by atoms with Gasteiger partial charge < -0.3 is 9.47 Å². The fraction of sp³-hybridized carbons (Fsp3) is 0.115. The lowest BCUT2D eigenvalue weighted by molar-refractivity contribution is -0.122. The van der Waals surface area contributed by atoms with E-state index in [0.717, 1.165) is 4.90 Å². The van der Waals surface area contributed by atoms with Gasteiger partial charge in [-0.15, -0.1) is 0 Å². The van der Waals surface area contributed by atoms with E-state index in [0.29, 0.717) is 38.6 Å². The molecular formula is C26H18Cl4N2O5. The zero-order valence-electron chi connectivity index (χ0n) is 19.2. The van der Waals surface area contributed by atoms with E-state index in [2.05, 4.69) is 5.32 Å². The number of nitrogens with one attached hydrogen (secondary N) is 1. The van der Waals surface area contributed by atoms with E-state index in [9.17, 15) is 14.4 Å². The van der Waals surface area contributed by atoms with E-state index in [1.54, 1.807) is 31.2 Å². The Balaban J connectivity index is 1.66. The summed E-state index contributed by atoms with van der Waals surface area (Å²) in [7, 11) is 0. The fourth-order valence-corrected chi connectivity index (χ4v) is 4.37. The molecule has 11 heteroatoms. The lowest BCUT2D eigenvalue weighted by Crippen LogP contribution is -2.54. The molecule has 0 radical (unpaired) electrons. The average Bonchev–Trinajstić information content (AvgIpc) is 2.83. The van der Waals surface area contributed by atoms with Crippen LogP contribution in [0.4, 0.5) is 10.5 Å². The molecule has 7 nitrogen and oxygen atoms in total. The Morgan fingerprint density at radius 3 is 2.24 bits per heavy atom. The standard InChI is InChI=1S/C26H18Cl4N2O5/c1-2-36-22-11-14(10-21(30)23(22)37-13-15-3-4-17(28)12-20(15)29)9-19-24(33)31-26(35)32(25(19)34)18-7-5-16(27)6-8-18/h3-12H,2,13H2,1H3,(H,31,33,35)/b19-9+. The van der Waals surface area contributed by atoms with Gasteiger partial charge in [-0.05, 0) is 67.1 Å². The van der Waals surface area contributed by atoms with Gasteiger partial charge in [0, 0.05) is 20.6 Å². The summed E-state index contributed by atoms with van der Waals surface area (Å²) < 4.78 is 11.6. The van der Waals surface area contributed by atoms with E-state index in [-0.39, 0.29) is 28.6 Å². The molecule has 4 amide bonds. The Hall–Kier alpha value is -3.23. The van der Waals surface area contributed by atoms with Crippen molar-refractivity contribution in [3.05, 3.63) is 91.4 Å².